The highest BCUT2D eigenvalue weighted by Gasteiger charge is 2.29. The molecule has 1 aromatic heterocycles. The number of nitrogens with two attached hydrogens (primary N) is 1. The molecule has 5 heteroatoms. The SMILES string of the molecule is CC(N)C(c1cc(Br)cs1)N1CCN(C(C)C)CC1. The van der Waals surface area contributed by atoms with Gasteiger partial charge in [-0.2, -0.15) is 0 Å². The van der Waals surface area contributed by atoms with Gasteiger partial charge in [-0.15, -0.1) is 11.3 Å². The minimum absolute atomic E-state index is 0.163. The van der Waals surface area contributed by atoms with Crippen LogP contribution in [-0.4, -0.2) is 48.1 Å². The van der Waals surface area contributed by atoms with Crippen molar-refractivity contribution in [2.24, 2.45) is 5.73 Å². The Morgan fingerprint density at radius 3 is 2.16 bits per heavy atom. The lowest BCUT2D eigenvalue weighted by Gasteiger charge is -2.41. The van der Waals surface area contributed by atoms with Crippen LogP contribution in [0.3, 0.4) is 0 Å². The fraction of sp³-hybridized carbons (Fsp3) is 0.714. The molecule has 0 amide bonds. The van der Waals surface area contributed by atoms with Crippen LogP contribution in [0.25, 0.3) is 0 Å². The molecule has 19 heavy (non-hydrogen) atoms. The summed E-state index contributed by atoms with van der Waals surface area (Å²) >= 11 is 5.35. The molecular weight excluding hydrogens is 322 g/mol. The molecule has 0 bridgehead atoms. The molecule has 1 aliphatic rings. The van der Waals surface area contributed by atoms with E-state index >= 15 is 0 Å². The summed E-state index contributed by atoms with van der Waals surface area (Å²) in [6.07, 6.45) is 0. The first-order valence-electron chi connectivity index (χ1n) is 6.96. The first-order chi connectivity index (χ1) is 8.99. The predicted molar refractivity (Wildman–Crippen MR) is 86.7 cm³/mol. The van der Waals surface area contributed by atoms with Gasteiger partial charge in [-0.05, 0) is 42.8 Å². The molecule has 0 radical (unpaired) electrons. The third-order valence-electron chi connectivity index (χ3n) is 3.85. The van der Waals surface area contributed by atoms with Gasteiger partial charge in [0.2, 0.25) is 0 Å². The van der Waals surface area contributed by atoms with Gasteiger partial charge < -0.3 is 5.73 Å². The molecule has 1 aromatic rings. The number of thiophene rings is 1. The Kier molecular flexibility index (Phi) is 5.43. The molecule has 3 nitrogen and oxygen atoms in total. The van der Waals surface area contributed by atoms with E-state index in [4.69, 9.17) is 5.73 Å². The molecule has 2 atom stereocenters. The predicted octanol–water partition coefficient (Wildman–Crippen LogP) is 2.92. The number of hydrogen-bond acceptors (Lipinski definition) is 4. The quantitative estimate of drug-likeness (QED) is 0.910. The Balaban J connectivity index is 2.05. The van der Waals surface area contributed by atoms with Crippen LogP contribution in [0.2, 0.25) is 0 Å². The third kappa shape index (κ3) is 3.79. The maximum atomic E-state index is 6.24. The normalized spacial score (nSPS) is 21.8. The van der Waals surface area contributed by atoms with E-state index in [2.05, 4.69) is 57.9 Å². The number of rotatable bonds is 4. The smallest absolute Gasteiger partial charge is 0.0592 e. The molecule has 2 unspecified atom stereocenters. The van der Waals surface area contributed by atoms with Crippen LogP contribution < -0.4 is 5.73 Å². The molecular formula is C14H24BrN3S. The van der Waals surface area contributed by atoms with Crippen LogP contribution in [0.1, 0.15) is 31.7 Å². The zero-order valence-electron chi connectivity index (χ0n) is 12.0. The average molecular weight is 346 g/mol. The van der Waals surface area contributed by atoms with Crippen molar-refractivity contribution in [3.8, 4) is 0 Å². The number of hydrogen-bond donors (Lipinski definition) is 1. The van der Waals surface area contributed by atoms with Gasteiger partial charge in [-0.25, -0.2) is 0 Å². The van der Waals surface area contributed by atoms with Crippen LogP contribution in [-0.2, 0) is 0 Å². The van der Waals surface area contributed by atoms with E-state index in [1.807, 2.05) is 0 Å². The fourth-order valence-electron chi connectivity index (χ4n) is 2.79. The van der Waals surface area contributed by atoms with Gasteiger partial charge in [0.25, 0.3) is 0 Å². The van der Waals surface area contributed by atoms with Crippen LogP contribution in [0.15, 0.2) is 15.9 Å². The Labute approximate surface area is 128 Å². The second kappa shape index (κ2) is 6.68. The van der Waals surface area contributed by atoms with Crippen molar-refractivity contribution < 1.29 is 0 Å². The summed E-state index contributed by atoms with van der Waals surface area (Å²) in [4.78, 5) is 6.46. The van der Waals surface area contributed by atoms with Crippen molar-refractivity contribution in [3.63, 3.8) is 0 Å². The van der Waals surface area contributed by atoms with Crippen molar-refractivity contribution in [1.29, 1.82) is 0 Å². The number of nitrogens with zero attached hydrogens (tertiary/aromatic N) is 2. The highest BCUT2D eigenvalue weighted by Crippen LogP contribution is 2.32. The highest BCUT2D eigenvalue weighted by atomic mass is 79.9. The van der Waals surface area contributed by atoms with Crippen molar-refractivity contribution in [3.05, 3.63) is 20.8 Å². The Morgan fingerprint density at radius 2 is 1.74 bits per heavy atom. The van der Waals surface area contributed by atoms with E-state index in [1.54, 1.807) is 11.3 Å². The Hall–Kier alpha value is 0.0600. The Morgan fingerprint density at radius 1 is 1.16 bits per heavy atom. The van der Waals surface area contributed by atoms with E-state index in [0.29, 0.717) is 12.1 Å². The molecule has 0 saturated carbocycles. The largest absolute Gasteiger partial charge is 0.326 e. The summed E-state index contributed by atoms with van der Waals surface area (Å²) in [7, 11) is 0. The third-order valence-corrected chi connectivity index (χ3v) is 5.61. The monoisotopic (exact) mass is 345 g/mol. The molecule has 1 fully saturated rings. The summed E-state index contributed by atoms with van der Waals surface area (Å²) in [5.74, 6) is 0. The van der Waals surface area contributed by atoms with E-state index in [-0.39, 0.29) is 6.04 Å². The van der Waals surface area contributed by atoms with E-state index < -0.39 is 0 Å². The fourth-order valence-corrected chi connectivity index (χ4v) is 4.48. The van der Waals surface area contributed by atoms with Gasteiger partial charge >= 0.3 is 0 Å². The van der Waals surface area contributed by atoms with Gasteiger partial charge in [0, 0.05) is 53.0 Å². The molecule has 1 aliphatic heterocycles. The number of halogens is 1. The minimum Gasteiger partial charge on any atom is -0.326 e. The molecule has 0 aromatic carbocycles. The van der Waals surface area contributed by atoms with E-state index in [1.165, 1.54) is 9.35 Å². The minimum atomic E-state index is 0.163. The van der Waals surface area contributed by atoms with Gasteiger partial charge in [0.05, 0.1) is 6.04 Å². The Bertz CT molecular complexity index is 397. The van der Waals surface area contributed by atoms with Crippen LogP contribution >= 0.6 is 27.3 Å². The maximum absolute atomic E-state index is 6.24. The van der Waals surface area contributed by atoms with E-state index in [0.717, 1.165) is 26.2 Å². The lowest BCUT2D eigenvalue weighted by molar-refractivity contribution is 0.0717. The highest BCUT2D eigenvalue weighted by molar-refractivity contribution is 9.10. The van der Waals surface area contributed by atoms with Crippen molar-refractivity contribution in [1.82, 2.24) is 9.80 Å². The molecule has 0 aliphatic carbocycles. The zero-order chi connectivity index (χ0) is 14.0. The first-order valence-corrected chi connectivity index (χ1v) is 8.64. The molecule has 108 valence electrons. The average Bonchev–Trinajstić information content (AvgIpc) is 2.76. The second-order valence-electron chi connectivity index (χ2n) is 5.64. The molecule has 2 N–H and O–H groups in total. The van der Waals surface area contributed by atoms with Crippen molar-refractivity contribution in [2.75, 3.05) is 26.2 Å². The summed E-state index contributed by atoms with van der Waals surface area (Å²) in [5, 5.41) is 2.15. The van der Waals surface area contributed by atoms with Crippen molar-refractivity contribution in [2.45, 2.75) is 38.9 Å². The summed E-state index contributed by atoms with van der Waals surface area (Å²) < 4.78 is 1.17. The molecule has 2 rings (SSSR count). The van der Waals surface area contributed by atoms with Gasteiger partial charge in [0.15, 0.2) is 0 Å². The van der Waals surface area contributed by atoms with Gasteiger partial charge in [-0.1, -0.05) is 0 Å². The first kappa shape index (κ1) is 15.4. The standard InChI is InChI=1S/C14H24BrN3S/c1-10(2)17-4-6-18(7-5-17)14(11(3)16)13-8-12(15)9-19-13/h8-11,14H,4-7,16H2,1-3H3. The molecule has 0 spiro atoms. The van der Waals surface area contributed by atoms with Gasteiger partial charge in [0.1, 0.15) is 0 Å². The molecule has 2 heterocycles. The van der Waals surface area contributed by atoms with Crippen LogP contribution in [0, 0.1) is 0 Å². The summed E-state index contributed by atoms with van der Waals surface area (Å²) in [5.41, 5.74) is 6.24. The lowest BCUT2D eigenvalue weighted by Crippen LogP contribution is -2.52. The number of piperazine rings is 1. The summed E-state index contributed by atoms with van der Waals surface area (Å²) in [6, 6.07) is 3.38. The second-order valence-corrected chi connectivity index (χ2v) is 7.50. The molecule has 1 saturated heterocycles. The van der Waals surface area contributed by atoms with Crippen LogP contribution in [0.5, 0.6) is 0 Å². The van der Waals surface area contributed by atoms with E-state index in [9.17, 15) is 0 Å². The lowest BCUT2D eigenvalue weighted by atomic mass is 10.1. The zero-order valence-corrected chi connectivity index (χ0v) is 14.4. The van der Waals surface area contributed by atoms with Gasteiger partial charge in [-0.3, -0.25) is 9.80 Å². The van der Waals surface area contributed by atoms with Crippen molar-refractivity contribution >= 4 is 27.3 Å². The maximum Gasteiger partial charge on any atom is 0.0592 e. The van der Waals surface area contributed by atoms with Crippen LogP contribution in [0.4, 0.5) is 0 Å². The topological polar surface area (TPSA) is 32.5 Å². The summed E-state index contributed by atoms with van der Waals surface area (Å²) in [6.45, 7) is 11.2.